The van der Waals surface area contributed by atoms with Gasteiger partial charge in [0, 0.05) is 0 Å². The third-order valence-corrected chi connectivity index (χ3v) is 1.61. The van der Waals surface area contributed by atoms with Crippen molar-refractivity contribution in [3.05, 3.63) is 12.7 Å². The molecule has 0 aromatic rings. The monoisotopic (exact) mass is 172 g/mol. The number of rotatable bonds is 3. The highest BCUT2D eigenvalue weighted by atomic mass is 16.7. The molecule has 1 fully saturated rings. The molecule has 1 saturated heterocycles. The van der Waals surface area contributed by atoms with Crippen molar-refractivity contribution in [1.29, 1.82) is 0 Å². The quantitative estimate of drug-likeness (QED) is 0.472. The summed E-state index contributed by atoms with van der Waals surface area (Å²) in [4.78, 5) is 10.9. The van der Waals surface area contributed by atoms with Crippen LogP contribution in [0.1, 0.15) is 6.92 Å². The van der Waals surface area contributed by atoms with E-state index in [2.05, 4.69) is 11.3 Å². The zero-order valence-corrected chi connectivity index (χ0v) is 7.04. The summed E-state index contributed by atoms with van der Waals surface area (Å²) in [7, 11) is 0. The lowest BCUT2D eigenvalue weighted by molar-refractivity contribution is -0.160. The van der Waals surface area contributed by atoms with Gasteiger partial charge >= 0.3 is 6.16 Å². The lowest BCUT2D eigenvalue weighted by Crippen LogP contribution is -2.51. The van der Waals surface area contributed by atoms with Crippen LogP contribution in [0, 0.1) is 0 Å². The van der Waals surface area contributed by atoms with Crippen LogP contribution < -0.4 is 0 Å². The first kappa shape index (κ1) is 9.06. The molecule has 1 aliphatic rings. The van der Waals surface area contributed by atoms with Crippen molar-refractivity contribution in [2.24, 2.45) is 0 Å². The zero-order valence-electron chi connectivity index (χ0n) is 7.04. The van der Waals surface area contributed by atoms with Crippen molar-refractivity contribution in [3.63, 3.8) is 0 Å². The molecule has 12 heavy (non-hydrogen) atoms. The second-order valence-electron chi connectivity index (χ2n) is 2.55. The van der Waals surface area contributed by atoms with E-state index in [4.69, 9.17) is 9.47 Å². The van der Waals surface area contributed by atoms with Crippen LogP contribution in [0.25, 0.3) is 0 Å². The Labute approximate surface area is 71.1 Å². The van der Waals surface area contributed by atoms with E-state index < -0.39 is 11.8 Å². The first-order valence-corrected chi connectivity index (χ1v) is 3.79. The largest absolute Gasteiger partial charge is 0.509 e. The first-order valence-electron chi connectivity index (χ1n) is 3.79. The van der Waals surface area contributed by atoms with E-state index in [1.165, 1.54) is 0 Å². The van der Waals surface area contributed by atoms with E-state index in [-0.39, 0.29) is 0 Å². The Morgan fingerprint density at radius 2 is 2.42 bits per heavy atom. The summed E-state index contributed by atoms with van der Waals surface area (Å²) < 4.78 is 14.5. The van der Waals surface area contributed by atoms with Gasteiger partial charge in [-0.05, 0) is 13.0 Å². The molecule has 0 radical (unpaired) electrons. The number of carbonyl (C=O) groups is 1. The van der Waals surface area contributed by atoms with E-state index >= 15 is 0 Å². The van der Waals surface area contributed by atoms with Crippen molar-refractivity contribution in [1.82, 2.24) is 0 Å². The van der Waals surface area contributed by atoms with Crippen LogP contribution in [0.4, 0.5) is 4.79 Å². The fourth-order valence-corrected chi connectivity index (χ4v) is 0.835. The zero-order chi connectivity index (χ0) is 9.03. The average Bonchev–Trinajstić information content (AvgIpc) is 1.97. The third kappa shape index (κ3) is 1.76. The Kier molecular flexibility index (Phi) is 2.70. The highest BCUT2D eigenvalue weighted by Crippen LogP contribution is 2.23. The van der Waals surface area contributed by atoms with Crippen LogP contribution in [-0.4, -0.2) is 31.6 Å². The Balaban J connectivity index is 2.37. The predicted octanol–water partition coefficient (Wildman–Crippen LogP) is 1.11. The fourth-order valence-electron chi connectivity index (χ4n) is 0.835. The maximum atomic E-state index is 10.9. The molecule has 0 aromatic carbocycles. The van der Waals surface area contributed by atoms with Crippen molar-refractivity contribution in [3.8, 4) is 0 Å². The number of hydrogen-bond acceptors (Lipinski definition) is 4. The molecular weight excluding hydrogens is 160 g/mol. The van der Waals surface area contributed by atoms with Crippen LogP contribution in [0.3, 0.4) is 0 Å². The van der Waals surface area contributed by atoms with Crippen LogP contribution in [0.5, 0.6) is 0 Å². The maximum Gasteiger partial charge on any atom is 0.509 e. The molecule has 1 rings (SSSR count). The molecule has 0 N–H and O–H groups in total. The molecular formula is C8H12O4. The minimum atomic E-state index is -0.666. The van der Waals surface area contributed by atoms with E-state index in [1.54, 1.807) is 13.0 Å². The van der Waals surface area contributed by atoms with Gasteiger partial charge in [0.15, 0.2) is 5.60 Å². The lowest BCUT2D eigenvalue weighted by atomic mass is 10.0. The molecule has 68 valence electrons. The Hall–Kier alpha value is -1.03. The van der Waals surface area contributed by atoms with Gasteiger partial charge in [-0.25, -0.2) is 4.79 Å². The highest BCUT2D eigenvalue weighted by molar-refractivity contribution is 5.61. The fraction of sp³-hybridized carbons (Fsp3) is 0.625. The van der Waals surface area contributed by atoms with Gasteiger partial charge in [-0.3, -0.25) is 0 Å². The van der Waals surface area contributed by atoms with Crippen molar-refractivity contribution < 1.29 is 19.0 Å². The van der Waals surface area contributed by atoms with Gasteiger partial charge in [-0.2, -0.15) is 0 Å². The minimum Gasteiger partial charge on any atom is -0.435 e. The molecule has 1 aliphatic heterocycles. The van der Waals surface area contributed by atoms with Crippen LogP contribution in [-0.2, 0) is 14.2 Å². The minimum absolute atomic E-state index is 0.312. The van der Waals surface area contributed by atoms with E-state index in [0.717, 1.165) is 0 Å². The standard InChI is InChI=1S/C8H12O4/c1-3-8(5-10-6-8)12-7(9)11-4-2/h3H,1,4-6H2,2H3. The molecule has 1 heterocycles. The number of ether oxygens (including phenoxy) is 3. The van der Waals surface area contributed by atoms with Gasteiger partial charge < -0.3 is 14.2 Å². The lowest BCUT2D eigenvalue weighted by Gasteiger charge is -2.36. The smallest absolute Gasteiger partial charge is 0.435 e. The van der Waals surface area contributed by atoms with Gasteiger partial charge in [0.2, 0.25) is 0 Å². The predicted molar refractivity (Wildman–Crippen MR) is 41.9 cm³/mol. The second kappa shape index (κ2) is 3.58. The third-order valence-electron chi connectivity index (χ3n) is 1.61. The average molecular weight is 172 g/mol. The summed E-state index contributed by atoms with van der Waals surface area (Å²) >= 11 is 0. The number of hydrogen-bond donors (Lipinski definition) is 0. The van der Waals surface area contributed by atoms with E-state index in [1.807, 2.05) is 0 Å². The van der Waals surface area contributed by atoms with Gasteiger partial charge in [0.25, 0.3) is 0 Å². The van der Waals surface area contributed by atoms with Crippen molar-refractivity contribution in [2.45, 2.75) is 12.5 Å². The molecule has 0 saturated carbocycles. The van der Waals surface area contributed by atoms with Gasteiger partial charge in [0.05, 0.1) is 19.8 Å². The summed E-state index contributed by atoms with van der Waals surface area (Å²) in [6.45, 7) is 6.33. The van der Waals surface area contributed by atoms with Crippen LogP contribution in [0.15, 0.2) is 12.7 Å². The molecule has 0 bridgehead atoms. The van der Waals surface area contributed by atoms with E-state index in [0.29, 0.717) is 19.8 Å². The molecule has 4 nitrogen and oxygen atoms in total. The van der Waals surface area contributed by atoms with Crippen molar-refractivity contribution in [2.75, 3.05) is 19.8 Å². The first-order chi connectivity index (χ1) is 5.72. The highest BCUT2D eigenvalue weighted by Gasteiger charge is 2.40. The van der Waals surface area contributed by atoms with Gasteiger partial charge in [0.1, 0.15) is 0 Å². The summed E-state index contributed by atoms with van der Waals surface area (Å²) in [6.07, 6.45) is 0.897. The topological polar surface area (TPSA) is 44.8 Å². The molecule has 0 spiro atoms. The van der Waals surface area contributed by atoms with E-state index in [9.17, 15) is 4.79 Å². The van der Waals surface area contributed by atoms with Gasteiger partial charge in [-0.1, -0.05) is 6.58 Å². The van der Waals surface area contributed by atoms with Crippen molar-refractivity contribution >= 4 is 6.16 Å². The summed E-state index contributed by atoms with van der Waals surface area (Å²) in [5.74, 6) is 0. The molecule has 0 unspecified atom stereocenters. The molecule has 0 aromatic heterocycles. The molecule has 4 heteroatoms. The second-order valence-corrected chi connectivity index (χ2v) is 2.55. The summed E-state index contributed by atoms with van der Waals surface area (Å²) in [6, 6.07) is 0. The van der Waals surface area contributed by atoms with Crippen LogP contribution in [0.2, 0.25) is 0 Å². The Morgan fingerprint density at radius 3 is 2.75 bits per heavy atom. The SMILES string of the molecule is C=CC1(OC(=O)OCC)COC1. The molecule has 0 aliphatic carbocycles. The Morgan fingerprint density at radius 1 is 1.75 bits per heavy atom. The summed E-state index contributed by atoms with van der Waals surface area (Å²) in [5, 5.41) is 0. The maximum absolute atomic E-state index is 10.9. The Bertz CT molecular complexity index is 183. The normalized spacial score (nSPS) is 19.1. The molecule has 0 amide bonds. The van der Waals surface area contributed by atoms with Gasteiger partial charge in [-0.15, -0.1) is 0 Å². The summed E-state index contributed by atoms with van der Waals surface area (Å²) in [5.41, 5.74) is -0.647. The molecule has 0 atom stereocenters. The number of carbonyl (C=O) groups excluding carboxylic acids is 1. The van der Waals surface area contributed by atoms with Crippen LogP contribution >= 0.6 is 0 Å².